The summed E-state index contributed by atoms with van der Waals surface area (Å²) in [5.41, 5.74) is 0. The lowest BCUT2D eigenvalue weighted by Crippen LogP contribution is -2.47. The summed E-state index contributed by atoms with van der Waals surface area (Å²) in [5, 5.41) is 12.9. The minimum absolute atomic E-state index is 0.0741. The molecule has 126 valence electrons. The molecule has 5 nitrogen and oxygen atoms in total. The molecule has 0 fully saturated rings. The Hall–Kier alpha value is -0.650. The van der Waals surface area contributed by atoms with Crippen LogP contribution in [0, 0.1) is 5.92 Å². The predicted molar refractivity (Wildman–Crippen MR) is 86.3 cm³/mol. The van der Waals surface area contributed by atoms with E-state index in [1.165, 1.54) is 0 Å². The molecular weight excluding hydrogens is 268 g/mol. The highest BCUT2D eigenvalue weighted by atomic mass is 16.5. The summed E-state index contributed by atoms with van der Waals surface area (Å²) in [4.78, 5) is 13.8. The van der Waals surface area contributed by atoms with Crippen LogP contribution in [-0.4, -0.2) is 60.9 Å². The molecule has 0 rings (SSSR count). The lowest BCUT2D eigenvalue weighted by molar-refractivity contribution is -0.132. The summed E-state index contributed by atoms with van der Waals surface area (Å²) in [5.74, 6) is 0.761. The first-order chi connectivity index (χ1) is 9.92. The molecule has 0 aliphatic heterocycles. The normalized spacial score (nSPS) is 14.2. The van der Waals surface area contributed by atoms with Crippen molar-refractivity contribution in [1.29, 1.82) is 0 Å². The topological polar surface area (TPSA) is 61.8 Å². The zero-order valence-corrected chi connectivity index (χ0v) is 14.4. The SMILES string of the molecule is CCN(CC)C(=O)C(C)NCC(O)COCCCC(C)C. The van der Waals surface area contributed by atoms with Gasteiger partial charge in [-0.1, -0.05) is 13.8 Å². The average molecular weight is 302 g/mol. The van der Waals surface area contributed by atoms with E-state index in [0.717, 1.165) is 12.8 Å². The van der Waals surface area contributed by atoms with Gasteiger partial charge in [0.2, 0.25) is 5.91 Å². The number of aliphatic hydroxyl groups is 1. The Morgan fingerprint density at radius 1 is 1.24 bits per heavy atom. The van der Waals surface area contributed by atoms with Crippen molar-refractivity contribution in [2.75, 3.05) is 32.8 Å². The largest absolute Gasteiger partial charge is 0.389 e. The first kappa shape index (κ1) is 20.3. The van der Waals surface area contributed by atoms with Crippen molar-refractivity contribution in [2.24, 2.45) is 5.92 Å². The minimum atomic E-state index is -0.573. The number of nitrogens with zero attached hydrogens (tertiary/aromatic N) is 1. The fourth-order valence-corrected chi connectivity index (χ4v) is 2.08. The second-order valence-electron chi connectivity index (χ2n) is 5.91. The molecule has 2 N–H and O–H groups in total. The van der Waals surface area contributed by atoms with E-state index in [0.29, 0.717) is 38.8 Å². The zero-order chi connectivity index (χ0) is 16.3. The summed E-state index contributed by atoms with van der Waals surface area (Å²) < 4.78 is 5.44. The third-order valence-corrected chi connectivity index (χ3v) is 3.49. The molecule has 1 amide bonds. The van der Waals surface area contributed by atoms with Crippen LogP contribution in [0.2, 0.25) is 0 Å². The smallest absolute Gasteiger partial charge is 0.239 e. The van der Waals surface area contributed by atoms with Crippen LogP contribution >= 0.6 is 0 Å². The van der Waals surface area contributed by atoms with Gasteiger partial charge in [-0.15, -0.1) is 0 Å². The number of nitrogens with one attached hydrogen (secondary N) is 1. The minimum Gasteiger partial charge on any atom is -0.389 e. The van der Waals surface area contributed by atoms with E-state index >= 15 is 0 Å². The molecule has 2 unspecified atom stereocenters. The van der Waals surface area contributed by atoms with Crippen molar-refractivity contribution in [3.8, 4) is 0 Å². The molecule has 0 aromatic rings. The quantitative estimate of drug-likeness (QED) is 0.538. The van der Waals surface area contributed by atoms with Crippen LogP contribution in [0.3, 0.4) is 0 Å². The molecule has 0 aromatic carbocycles. The lowest BCUT2D eigenvalue weighted by Gasteiger charge is -2.24. The van der Waals surface area contributed by atoms with E-state index in [4.69, 9.17) is 4.74 Å². The number of hydrogen-bond acceptors (Lipinski definition) is 4. The van der Waals surface area contributed by atoms with E-state index < -0.39 is 6.10 Å². The molecule has 2 atom stereocenters. The maximum atomic E-state index is 12.0. The maximum absolute atomic E-state index is 12.0. The number of likely N-dealkylation sites (N-methyl/N-ethyl adjacent to an activating group) is 1. The van der Waals surface area contributed by atoms with Crippen LogP contribution in [0.4, 0.5) is 0 Å². The first-order valence-electron chi connectivity index (χ1n) is 8.20. The number of carbonyl (C=O) groups excluding carboxylic acids is 1. The Morgan fingerprint density at radius 3 is 2.38 bits per heavy atom. The van der Waals surface area contributed by atoms with Crippen molar-refractivity contribution in [1.82, 2.24) is 10.2 Å². The second kappa shape index (κ2) is 12.0. The van der Waals surface area contributed by atoms with Crippen LogP contribution in [0.5, 0.6) is 0 Å². The van der Waals surface area contributed by atoms with Gasteiger partial charge in [0.25, 0.3) is 0 Å². The van der Waals surface area contributed by atoms with Gasteiger partial charge >= 0.3 is 0 Å². The zero-order valence-electron chi connectivity index (χ0n) is 14.4. The molecule has 0 heterocycles. The number of rotatable bonds is 12. The number of hydrogen-bond donors (Lipinski definition) is 2. The van der Waals surface area contributed by atoms with Gasteiger partial charge in [0, 0.05) is 26.2 Å². The molecule has 0 spiro atoms. The van der Waals surface area contributed by atoms with Gasteiger partial charge < -0.3 is 20.1 Å². The molecule has 0 aliphatic rings. The fourth-order valence-electron chi connectivity index (χ4n) is 2.08. The summed E-state index contributed by atoms with van der Waals surface area (Å²) in [7, 11) is 0. The molecule has 0 aliphatic carbocycles. The number of amides is 1. The van der Waals surface area contributed by atoms with Gasteiger partial charge in [-0.3, -0.25) is 4.79 Å². The van der Waals surface area contributed by atoms with Crippen molar-refractivity contribution in [2.45, 2.75) is 59.6 Å². The highest BCUT2D eigenvalue weighted by Crippen LogP contribution is 2.03. The highest BCUT2D eigenvalue weighted by molar-refractivity contribution is 5.81. The third kappa shape index (κ3) is 9.82. The lowest BCUT2D eigenvalue weighted by atomic mass is 10.1. The van der Waals surface area contributed by atoms with Crippen molar-refractivity contribution >= 4 is 5.91 Å². The van der Waals surface area contributed by atoms with E-state index in [1.54, 1.807) is 4.90 Å². The third-order valence-electron chi connectivity index (χ3n) is 3.49. The average Bonchev–Trinajstić information content (AvgIpc) is 2.45. The van der Waals surface area contributed by atoms with Gasteiger partial charge in [-0.25, -0.2) is 0 Å². The molecule has 21 heavy (non-hydrogen) atoms. The monoisotopic (exact) mass is 302 g/mol. The van der Waals surface area contributed by atoms with Crippen molar-refractivity contribution in [3.05, 3.63) is 0 Å². The molecule has 0 bridgehead atoms. The molecule has 0 saturated heterocycles. The summed E-state index contributed by atoms with van der Waals surface area (Å²) in [6.07, 6.45) is 1.59. The van der Waals surface area contributed by atoms with Gasteiger partial charge in [-0.05, 0) is 39.5 Å². The first-order valence-corrected chi connectivity index (χ1v) is 8.20. The van der Waals surface area contributed by atoms with E-state index in [-0.39, 0.29) is 11.9 Å². The Labute approximate surface area is 130 Å². The van der Waals surface area contributed by atoms with E-state index in [9.17, 15) is 9.90 Å². The van der Waals surface area contributed by atoms with Gasteiger partial charge in [-0.2, -0.15) is 0 Å². The highest BCUT2D eigenvalue weighted by Gasteiger charge is 2.18. The molecule has 5 heteroatoms. The second-order valence-corrected chi connectivity index (χ2v) is 5.91. The van der Waals surface area contributed by atoms with Crippen molar-refractivity contribution < 1.29 is 14.6 Å². The van der Waals surface area contributed by atoms with Crippen LogP contribution in [0.1, 0.15) is 47.5 Å². The molecule has 0 aromatic heterocycles. The Balaban J connectivity index is 3.76. The fraction of sp³-hybridized carbons (Fsp3) is 0.938. The summed E-state index contributed by atoms with van der Waals surface area (Å²) >= 11 is 0. The van der Waals surface area contributed by atoms with Gasteiger partial charge in [0.15, 0.2) is 0 Å². The van der Waals surface area contributed by atoms with Gasteiger partial charge in [0.05, 0.1) is 18.8 Å². The number of ether oxygens (including phenoxy) is 1. The van der Waals surface area contributed by atoms with E-state index in [2.05, 4.69) is 19.2 Å². The number of aliphatic hydroxyl groups excluding tert-OH is 1. The standard InChI is InChI=1S/C16H34N2O3/c1-6-18(7-2)16(20)14(5)17-11-15(19)12-21-10-8-9-13(3)4/h13-15,17,19H,6-12H2,1-5H3. The Bertz CT molecular complexity index is 268. The Kier molecular flexibility index (Phi) is 11.6. The maximum Gasteiger partial charge on any atom is 0.239 e. The van der Waals surface area contributed by atoms with Crippen LogP contribution in [0.25, 0.3) is 0 Å². The molecule has 0 saturated carbocycles. The van der Waals surface area contributed by atoms with Crippen LogP contribution in [0.15, 0.2) is 0 Å². The van der Waals surface area contributed by atoms with Gasteiger partial charge in [0.1, 0.15) is 0 Å². The van der Waals surface area contributed by atoms with E-state index in [1.807, 2.05) is 20.8 Å². The predicted octanol–water partition coefficient (Wildman–Crippen LogP) is 1.65. The Morgan fingerprint density at radius 2 is 1.86 bits per heavy atom. The van der Waals surface area contributed by atoms with Crippen LogP contribution in [-0.2, 0) is 9.53 Å². The molecule has 0 radical (unpaired) electrons. The summed E-state index contributed by atoms with van der Waals surface area (Å²) in [6.45, 7) is 12.9. The number of carbonyl (C=O) groups is 1. The van der Waals surface area contributed by atoms with Crippen LogP contribution < -0.4 is 5.32 Å². The van der Waals surface area contributed by atoms with Crippen molar-refractivity contribution in [3.63, 3.8) is 0 Å². The summed E-state index contributed by atoms with van der Waals surface area (Å²) in [6, 6.07) is -0.277. The molecular formula is C16H34N2O3.